The van der Waals surface area contributed by atoms with Crippen molar-refractivity contribution in [3.63, 3.8) is 0 Å². The summed E-state index contributed by atoms with van der Waals surface area (Å²) in [5.74, 6) is -0.389. The normalized spacial score (nSPS) is 15.8. The number of rotatable bonds is 7. The number of aromatic nitrogens is 3. The molecule has 1 amide bonds. The van der Waals surface area contributed by atoms with Crippen LogP contribution in [-0.4, -0.2) is 57.1 Å². The van der Waals surface area contributed by atoms with E-state index in [0.29, 0.717) is 12.1 Å². The molecule has 1 fully saturated rings. The molecule has 1 aliphatic rings. The maximum atomic E-state index is 13.1. The first-order chi connectivity index (χ1) is 13.4. The standard InChI is InChI=1S/C20H28FN5O2.ClH/c1-14(2)11-25(13-19(27)15-3-5-16(21)6-4-15)20(28)18-12-26(24-23-18)17-7-9-22-10-8-17;/h3-6,12,14,17,19,22,27H,7-11,13H2,1-2H3;1H. The van der Waals surface area contributed by atoms with E-state index in [4.69, 9.17) is 0 Å². The summed E-state index contributed by atoms with van der Waals surface area (Å²) in [4.78, 5) is 14.6. The Bertz CT molecular complexity index is 777. The van der Waals surface area contributed by atoms with Crippen molar-refractivity contribution in [1.82, 2.24) is 25.2 Å². The van der Waals surface area contributed by atoms with Gasteiger partial charge in [-0.1, -0.05) is 31.2 Å². The van der Waals surface area contributed by atoms with Crippen LogP contribution in [0.1, 0.15) is 54.9 Å². The van der Waals surface area contributed by atoms with E-state index in [9.17, 15) is 14.3 Å². The molecule has 9 heteroatoms. The fraction of sp³-hybridized carbons (Fsp3) is 0.550. The minimum atomic E-state index is -0.900. The van der Waals surface area contributed by atoms with Crippen molar-refractivity contribution in [2.45, 2.75) is 38.8 Å². The molecule has 3 rings (SSSR count). The second-order valence-electron chi connectivity index (χ2n) is 7.74. The molecule has 1 aromatic heterocycles. The zero-order valence-electron chi connectivity index (χ0n) is 16.8. The molecule has 7 nitrogen and oxygen atoms in total. The van der Waals surface area contributed by atoms with Gasteiger partial charge in [0.15, 0.2) is 5.69 Å². The first-order valence-electron chi connectivity index (χ1n) is 9.79. The first kappa shape index (κ1) is 23.3. The van der Waals surface area contributed by atoms with Gasteiger partial charge in [0.2, 0.25) is 0 Å². The quantitative estimate of drug-likeness (QED) is 0.712. The van der Waals surface area contributed by atoms with Crippen LogP contribution in [0.4, 0.5) is 4.39 Å². The molecule has 2 aromatic rings. The van der Waals surface area contributed by atoms with Crippen molar-refractivity contribution in [3.8, 4) is 0 Å². The number of hydrogen-bond donors (Lipinski definition) is 2. The topological polar surface area (TPSA) is 83.3 Å². The van der Waals surface area contributed by atoms with Crippen LogP contribution in [0.25, 0.3) is 0 Å². The third-order valence-corrected chi connectivity index (χ3v) is 4.93. The van der Waals surface area contributed by atoms with Crippen LogP contribution in [-0.2, 0) is 0 Å². The zero-order chi connectivity index (χ0) is 20.1. The van der Waals surface area contributed by atoms with Gasteiger partial charge in [0.05, 0.1) is 24.9 Å². The van der Waals surface area contributed by atoms with Crippen molar-refractivity contribution < 1.29 is 14.3 Å². The van der Waals surface area contributed by atoms with Gasteiger partial charge in [-0.05, 0) is 49.5 Å². The van der Waals surface area contributed by atoms with Crippen LogP contribution in [0.15, 0.2) is 30.5 Å². The minimum Gasteiger partial charge on any atom is -0.387 e. The van der Waals surface area contributed by atoms with Gasteiger partial charge in [-0.2, -0.15) is 0 Å². The highest BCUT2D eigenvalue weighted by atomic mass is 35.5. The number of carbonyl (C=O) groups excluding carboxylic acids is 1. The average molecular weight is 426 g/mol. The maximum Gasteiger partial charge on any atom is 0.276 e. The third kappa shape index (κ3) is 6.22. The summed E-state index contributed by atoms with van der Waals surface area (Å²) in [5, 5.41) is 22.1. The highest BCUT2D eigenvalue weighted by molar-refractivity contribution is 5.92. The van der Waals surface area contributed by atoms with Gasteiger partial charge >= 0.3 is 0 Å². The van der Waals surface area contributed by atoms with Crippen LogP contribution in [0.5, 0.6) is 0 Å². The second kappa shape index (κ2) is 10.7. The molecule has 1 unspecified atom stereocenters. The summed E-state index contributed by atoms with van der Waals surface area (Å²) in [6, 6.07) is 5.92. The number of aliphatic hydroxyl groups is 1. The van der Waals surface area contributed by atoms with Crippen LogP contribution >= 0.6 is 12.4 Å². The Morgan fingerprint density at radius 2 is 1.93 bits per heavy atom. The van der Waals surface area contributed by atoms with Crippen molar-refractivity contribution >= 4 is 18.3 Å². The van der Waals surface area contributed by atoms with Gasteiger partial charge < -0.3 is 15.3 Å². The van der Waals surface area contributed by atoms with E-state index in [1.807, 2.05) is 13.8 Å². The fourth-order valence-electron chi connectivity index (χ4n) is 3.47. The van der Waals surface area contributed by atoms with E-state index in [1.54, 1.807) is 15.8 Å². The highest BCUT2D eigenvalue weighted by Crippen LogP contribution is 2.19. The number of nitrogens with one attached hydrogen (secondary N) is 1. The summed E-state index contributed by atoms with van der Waals surface area (Å²) in [7, 11) is 0. The molecule has 0 aliphatic carbocycles. The second-order valence-corrected chi connectivity index (χ2v) is 7.74. The number of carbonyl (C=O) groups is 1. The van der Waals surface area contributed by atoms with Crippen molar-refractivity contribution in [2.24, 2.45) is 5.92 Å². The lowest BCUT2D eigenvalue weighted by Crippen LogP contribution is -2.37. The Morgan fingerprint density at radius 3 is 2.55 bits per heavy atom. The van der Waals surface area contributed by atoms with Crippen LogP contribution in [0.3, 0.4) is 0 Å². The largest absolute Gasteiger partial charge is 0.387 e. The molecule has 0 radical (unpaired) electrons. The monoisotopic (exact) mass is 425 g/mol. The summed E-state index contributed by atoms with van der Waals surface area (Å²) in [6.07, 6.45) is 2.71. The Kier molecular flexibility index (Phi) is 8.55. The molecule has 160 valence electrons. The molecular weight excluding hydrogens is 397 g/mol. The minimum absolute atomic E-state index is 0. The Hall–Kier alpha value is -2.03. The molecule has 0 spiro atoms. The number of amides is 1. The maximum absolute atomic E-state index is 13.1. The van der Waals surface area contributed by atoms with Gasteiger partial charge in [-0.15, -0.1) is 17.5 Å². The number of benzene rings is 1. The predicted molar refractivity (Wildman–Crippen MR) is 111 cm³/mol. The molecule has 1 atom stereocenters. The molecule has 2 N–H and O–H groups in total. The summed E-state index contributed by atoms with van der Waals surface area (Å²) >= 11 is 0. The number of nitrogens with zero attached hydrogens (tertiary/aromatic N) is 4. The molecule has 29 heavy (non-hydrogen) atoms. The van der Waals surface area contributed by atoms with E-state index in [-0.39, 0.29) is 48.3 Å². The van der Waals surface area contributed by atoms with Crippen LogP contribution in [0, 0.1) is 11.7 Å². The SMILES string of the molecule is CC(C)CN(CC(O)c1ccc(F)cc1)C(=O)c1cn(C2CCNCC2)nn1.Cl. The lowest BCUT2D eigenvalue weighted by Gasteiger charge is -2.26. The molecule has 0 bridgehead atoms. The molecule has 1 aromatic carbocycles. The van der Waals surface area contributed by atoms with E-state index < -0.39 is 6.10 Å². The van der Waals surface area contributed by atoms with Gasteiger partial charge in [0.25, 0.3) is 5.91 Å². The zero-order valence-corrected chi connectivity index (χ0v) is 17.6. The van der Waals surface area contributed by atoms with Crippen molar-refractivity contribution in [1.29, 1.82) is 0 Å². The average Bonchev–Trinajstić information content (AvgIpc) is 3.18. The van der Waals surface area contributed by atoms with Crippen LogP contribution in [0.2, 0.25) is 0 Å². The summed E-state index contributed by atoms with van der Waals surface area (Å²) in [5.41, 5.74) is 0.854. The summed E-state index contributed by atoms with van der Waals surface area (Å²) in [6.45, 7) is 6.47. The van der Waals surface area contributed by atoms with E-state index in [2.05, 4.69) is 15.6 Å². The van der Waals surface area contributed by atoms with E-state index in [1.165, 1.54) is 24.3 Å². The van der Waals surface area contributed by atoms with Crippen molar-refractivity contribution in [2.75, 3.05) is 26.2 Å². The van der Waals surface area contributed by atoms with Crippen LogP contribution < -0.4 is 5.32 Å². The van der Waals surface area contributed by atoms with E-state index >= 15 is 0 Å². The van der Waals surface area contributed by atoms with Gasteiger partial charge in [0.1, 0.15) is 5.82 Å². The smallest absolute Gasteiger partial charge is 0.276 e. The Labute approximate surface area is 176 Å². The fourth-order valence-corrected chi connectivity index (χ4v) is 3.47. The molecule has 1 saturated heterocycles. The number of hydrogen-bond acceptors (Lipinski definition) is 5. The first-order valence-corrected chi connectivity index (χ1v) is 9.79. The van der Waals surface area contributed by atoms with E-state index in [0.717, 1.165) is 25.9 Å². The highest BCUT2D eigenvalue weighted by Gasteiger charge is 2.25. The molecule has 0 saturated carbocycles. The molecule has 1 aliphatic heterocycles. The molecule has 2 heterocycles. The van der Waals surface area contributed by atoms with Crippen molar-refractivity contribution in [3.05, 3.63) is 47.5 Å². The number of aliphatic hydroxyl groups excluding tert-OH is 1. The lowest BCUT2D eigenvalue weighted by atomic mass is 10.1. The predicted octanol–water partition coefficient (Wildman–Crippen LogP) is 2.60. The van der Waals surface area contributed by atoms with Gasteiger partial charge in [0, 0.05) is 6.54 Å². The number of piperidine rings is 1. The summed E-state index contributed by atoms with van der Waals surface area (Å²) < 4.78 is 14.9. The third-order valence-electron chi connectivity index (χ3n) is 4.93. The lowest BCUT2D eigenvalue weighted by molar-refractivity contribution is 0.0589. The Morgan fingerprint density at radius 1 is 1.28 bits per heavy atom. The molecular formula is C20H29ClFN5O2. The van der Waals surface area contributed by atoms with Gasteiger partial charge in [-0.3, -0.25) is 4.79 Å². The Balaban J connectivity index is 0.00000300. The number of halogens is 2. The van der Waals surface area contributed by atoms with Gasteiger partial charge in [-0.25, -0.2) is 9.07 Å².